The Hall–Kier alpha value is -1.94. The Labute approximate surface area is 97.7 Å². The van der Waals surface area contributed by atoms with Gasteiger partial charge < -0.3 is 10.1 Å². The lowest BCUT2D eigenvalue weighted by Crippen LogP contribution is -2.02. The van der Waals surface area contributed by atoms with Crippen LogP contribution in [0.1, 0.15) is 5.69 Å². The highest BCUT2D eigenvalue weighted by atomic mass is 19.1. The summed E-state index contributed by atoms with van der Waals surface area (Å²) in [5.74, 6) is -0.226. The lowest BCUT2D eigenvalue weighted by Gasteiger charge is -1.99. The molecule has 3 rings (SSSR count). The Morgan fingerprint density at radius 3 is 3.00 bits per heavy atom. The molecule has 86 valence electrons. The predicted molar refractivity (Wildman–Crippen MR) is 65.4 cm³/mol. The lowest BCUT2D eigenvalue weighted by molar-refractivity contribution is 0.630. The average molecular weight is 229 g/mol. The Balaban J connectivity index is 2.31. The van der Waals surface area contributed by atoms with Crippen molar-refractivity contribution in [3.05, 3.63) is 48.2 Å². The molecule has 0 radical (unpaired) electrons. The smallest absolute Gasteiger partial charge is 0.144 e. The fourth-order valence-electron chi connectivity index (χ4n) is 2.06. The van der Waals surface area contributed by atoms with Crippen LogP contribution in [0.5, 0.6) is 0 Å². The molecule has 2 heterocycles. The zero-order chi connectivity index (χ0) is 11.8. The molecule has 2 N–H and O–H groups in total. The van der Waals surface area contributed by atoms with Gasteiger partial charge in [0.25, 0.3) is 0 Å². The second-order valence-corrected chi connectivity index (χ2v) is 4.05. The van der Waals surface area contributed by atoms with E-state index in [-0.39, 0.29) is 5.82 Å². The lowest BCUT2D eigenvalue weighted by atomic mass is 10.1. The standard InChI is InChI=1S/C13H12FN3/c14-10-1-2-12-9(7-10)4-6-17-8-11(3-5-15)16-13(12)17/h1-2,4,6-8H,3,5,15H2. The van der Waals surface area contributed by atoms with Crippen LogP contribution in [-0.2, 0) is 6.42 Å². The quantitative estimate of drug-likeness (QED) is 0.731. The number of halogens is 1. The van der Waals surface area contributed by atoms with Crippen molar-refractivity contribution in [2.24, 2.45) is 5.73 Å². The van der Waals surface area contributed by atoms with Gasteiger partial charge in [0.05, 0.1) is 5.69 Å². The highest BCUT2D eigenvalue weighted by Gasteiger charge is 2.05. The van der Waals surface area contributed by atoms with Crippen LogP contribution in [0.2, 0.25) is 0 Å². The van der Waals surface area contributed by atoms with E-state index in [4.69, 9.17) is 5.73 Å². The first-order chi connectivity index (χ1) is 8.28. The van der Waals surface area contributed by atoms with Crippen molar-refractivity contribution in [1.82, 2.24) is 9.38 Å². The molecule has 2 aromatic heterocycles. The van der Waals surface area contributed by atoms with Crippen molar-refractivity contribution in [2.45, 2.75) is 6.42 Å². The Morgan fingerprint density at radius 1 is 1.29 bits per heavy atom. The van der Waals surface area contributed by atoms with Crippen LogP contribution in [-0.4, -0.2) is 15.9 Å². The van der Waals surface area contributed by atoms with Crippen LogP contribution in [0.25, 0.3) is 16.4 Å². The first kappa shape index (κ1) is 10.2. The molecule has 4 heteroatoms. The summed E-state index contributed by atoms with van der Waals surface area (Å²) in [4.78, 5) is 4.52. The summed E-state index contributed by atoms with van der Waals surface area (Å²) in [5.41, 5.74) is 7.33. The zero-order valence-electron chi connectivity index (χ0n) is 9.23. The number of hydrogen-bond acceptors (Lipinski definition) is 2. The summed E-state index contributed by atoms with van der Waals surface area (Å²) in [6, 6.07) is 6.63. The van der Waals surface area contributed by atoms with Gasteiger partial charge in [0.1, 0.15) is 11.5 Å². The van der Waals surface area contributed by atoms with Gasteiger partial charge >= 0.3 is 0 Å². The number of benzene rings is 1. The predicted octanol–water partition coefficient (Wildman–Crippen LogP) is 2.13. The van der Waals surface area contributed by atoms with E-state index >= 15 is 0 Å². The third-order valence-corrected chi connectivity index (χ3v) is 2.85. The minimum Gasteiger partial charge on any atom is -0.330 e. The van der Waals surface area contributed by atoms with Gasteiger partial charge in [-0.3, -0.25) is 0 Å². The van der Waals surface area contributed by atoms with E-state index in [1.807, 2.05) is 22.9 Å². The van der Waals surface area contributed by atoms with E-state index in [1.54, 1.807) is 6.07 Å². The van der Waals surface area contributed by atoms with Crippen molar-refractivity contribution >= 4 is 16.4 Å². The maximum atomic E-state index is 13.1. The highest BCUT2D eigenvalue weighted by molar-refractivity contribution is 5.93. The van der Waals surface area contributed by atoms with E-state index in [0.717, 1.165) is 28.5 Å². The number of imidazole rings is 1. The van der Waals surface area contributed by atoms with Gasteiger partial charge in [-0.25, -0.2) is 9.37 Å². The first-order valence-corrected chi connectivity index (χ1v) is 5.54. The van der Waals surface area contributed by atoms with E-state index in [9.17, 15) is 4.39 Å². The number of aromatic nitrogens is 2. The molecule has 0 amide bonds. The Kier molecular flexibility index (Phi) is 2.30. The molecular formula is C13H12FN3. The fourth-order valence-corrected chi connectivity index (χ4v) is 2.06. The number of fused-ring (bicyclic) bond motifs is 3. The highest BCUT2D eigenvalue weighted by Crippen LogP contribution is 2.20. The summed E-state index contributed by atoms with van der Waals surface area (Å²) in [6.07, 6.45) is 4.61. The van der Waals surface area contributed by atoms with Crippen molar-refractivity contribution in [2.75, 3.05) is 6.54 Å². The van der Waals surface area contributed by atoms with Gasteiger partial charge in [0.15, 0.2) is 0 Å². The SMILES string of the molecule is NCCc1cn2ccc3cc(F)ccc3c2n1. The van der Waals surface area contributed by atoms with Crippen LogP contribution in [0.4, 0.5) is 4.39 Å². The summed E-state index contributed by atoms with van der Waals surface area (Å²) in [7, 11) is 0. The van der Waals surface area contributed by atoms with Gasteiger partial charge in [-0.05, 0) is 36.2 Å². The molecule has 0 aliphatic heterocycles. The molecule has 0 spiro atoms. The number of rotatable bonds is 2. The zero-order valence-corrected chi connectivity index (χ0v) is 9.23. The third kappa shape index (κ3) is 1.66. The molecule has 1 aromatic carbocycles. The van der Waals surface area contributed by atoms with Crippen LogP contribution >= 0.6 is 0 Å². The summed E-state index contributed by atoms with van der Waals surface area (Å²) in [5, 5.41) is 1.82. The molecule has 0 bridgehead atoms. The minimum absolute atomic E-state index is 0.226. The molecule has 0 unspecified atom stereocenters. The number of nitrogens with zero attached hydrogens (tertiary/aromatic N) is 2. The van der Waals surface area contributed by atoms with Crippen LogP contribution in [0, 0.1) is 5.82 Å². The second kappa shape index (κ2) is 3.82. The third-order valence-electron chi connectivity index (χ3n) is 2.85. The van der Waals surface area contributed by atoms with E-state index in [0.29, 0.717) is 6.54 Å². The van der Waals surface area contributed by atoms with Crippen molar-refractivity contribution in [1.29, 1.82) is 0 Å². The monoisotopic (exact) mass is 229 g/mol. The topological polar surface area (TPSA) is 43.3 Å². The second-order valence-electron chi connectivity index (χ2n) is 4.05. The molecule has 0 atom stereocenters. The summed E-state index contributed by atoms with van der Waals surface area (Å²) >= 11 is 0. The van der Waals surface area contributed by atoms with Gasteiger partial charge in [0.2, 0.25) is 0 Å². The molecule has 0 aliphatic carbocycles. The number of hydrogen-bond donors (Lipinski definition) is 1. The molecule has 3 nitrogen and oxygen atoms in total. The van der Waals surface area contributed by atoms with Crippen LogP contribution in [0.3, 0.4) is 0 Å². The first-order valence-electron chi connectivity index (χ1n) is 5.54. The molecule has 0 fully saturated rings. The molecule has 0 aliphatic rings. The van der Waals surface area contributed by atoms with Crippen LogP contribution < -0.4 is 5.73 Å². The average Bonchev–Trinajstić information content (AvgIpc) is 2.72. The van der Waals surface area contributed by atoms with E-state index in [1.165, 1.54) is 12.1 Å². The van der Waals surface area contributed by atoms with Crippen molar-refractivity contribution < 1.29 is 4.39 Å². The van der Waals surface area contributed by atoms with E-state index in [2.05, 4.69) is 4.98 Å². The molecule has 17 heavy (non-hydrogen) atoms. The maximum absolute atomic E-state index is 13.1. The number of nitrogens with two attached hydrogens (primary N) is 1. The summed E-state index contributed by atoms with van der Waals surface area (Å²) < 4.78 is 15.1. The molecule has 3 aromatic rings. The van der Waals surface area contributed by atoms with Crippen molar-refractivity contribution in [3.63, 3.8) is 0 Å². The summed E-state index contributed by atoms with van der Waals surface area (Å²) in [6.45, 7) is 0.580. The number of pyridine rings is 1. The fraction of sp³-hybridized carbons (Fsp3) is 0.154. The van der Waals surface area contributed by atoms with Gasteiger partial charge in [-0.15, -0.1) is 0 Å². The van der Waals surface area contributed by atoms with Crippen LogP contribution in [0.15, 0.2) is 36.7 Å². The molecular weight excluding hydrogens is 217 g/mol. The minimum atomic E-state index is -0.226. The van der Waals surface area contributed by atoms with Gasteiger partial charge in [-0.1, -0.05) is 0 Å². The van der Waals surface area contributed by atoms with Gasteiger partial charge in [0, 0.05) is 24.2 Å². The maximum Gasteiger partial charge on any atom is 0.144 e. The van der Waals surface area contributed by atoms with Gasteiger partial charge in [-0.2, -0.15) is 0 Å². The van der Waals surface area contributed by atoms with Crippen molar-refractivity contribution in [3.8, 4) is 0 Å². The Morgan fingerprint density at radius 2 is 2.18 bits per heavy atom. The molecule has 0 saturated heterocycles. The molecule has 0 saturated carbocycles. The largest absolute Gasteiger partial charge is 0.330 e. The van der Waals surface area contributed by atoms with E-state index < -0.39 is 0 Å². The normalized spacial score (nSPS) is 11.4. The Bertz CT molecular complexity index is 688.